The van der Waals surface area contributed by atoms with Gasteiger partial charge in [-0.2, -0.15) is 5.10 Å². The van der Waals surface area contributed by atoms with E-state index in [2.05, 4.69) is 31.9 Å². The molecule has 3 heterocycles. The van der Waals surface area contributed by atoms with Gasteiger partial charge in [0.05, 0.1) is 50.1 Å². The monoisotopic (exact) mass is 470 g/mol. The van der Waals surface area contributed by atoms with Crippen molar-refractivity contribution in [2.45, 2.75) is 26.6 Å². The third-order valence-electron chi connectivity index (χ3n) is 6.01. The first-order valence-corrected chi connectivity index (χ1v) is 11.4. The van der Waals surface area contributed by atoms with E-state index in [1.54, 1.807) is 37.4 Å². The molecule has 0 unspecified atom stereocenters. The predicted octanol–water partition coefficient (Wildman–Crippen LogP) is 3.80. The smallest absolute Gasteiger partial charge is 0.253 e. The van der Waals surface area contributed by atoms with Crippen molar-refractivity contribution in [3.8, 4) is 11.5 Å². The first-order valence-electron chi connectivity index (χ1n) is 11.4. The zero-order valence-corrected chi connectivity index (χ0v) is 19.9. The van der Waals surface area contributed by atoms with Gasteiger partial charge in [0.2, 0.25) is 0 Å². The standard InChI is InChI=1S/C26H26N6O3/c1-4-31-22-8-6-5-7-21(22)30-24(31)15-28-26(33)19-11-18-14-29-32(25(18)27-13-19)16-17-9-10-20(34-2)12-23(17)35-3/h5-14H,4,15-16H2,1-3H3,(H,28,33). The second kappa shape index (κ2) is 9.46. The van der Waals surface area contributed by atoms with Crippen LogP contribution in [0.1, 0.15) is 28.7 Å². The van der Waals surface area contributed by atoms with Crippen LogP contribution in [0.25, 0.3) is 22.1 Å². The Morgan fingerprint density at radius 3 is 2.71 bits per heavy atom. The number of nitrogens with one attached hydrogen (secondary N) is 1. The Kier molecular flexibility index (Phi) is 6.05. The Morgan fingerprint density at radius 2 is 1.91 bits per heavy atom. The van der Waals surface area contributed by atoms with Crippen molar-refractivity contribution in [1.29, 1.82) is 0 Å². The molecule has 0 bridgehead atoms. The van der Waals surface area contributed by atoms with Crippen LogP contribution in [0.4, 0.5) is 0 Å². The molecule has 0 saturated heterocycles. The number of hydrogen-bond donors (Lipinski definition) is 1. The minimum atomic E-state index is -0.210. The van der Waals surface area contributed by atoms with E-state index in [0.29, 0.717) is 30.0 Å². The lowest BCUT2D eigenvalue weighted by Gasteiger charge is -2.11. The molecule has 178 valence electrons. The van der Waals surface area contributed by atoms with Crippen LogP contribution in [0.5, 0.6) is 11.5 Å². The average molecular weight is 471 g/mol. The molecule has 0 aliphatic rings. The van der Waals surface area contributed by atoms with E-state index in [1.807, 2.05) is 42.5 Å². The van der Waals surface area contributed by atoms with Crippen molar-refractivity contribution in [3.05, 3.63) is 77.9 Å². The number of carbonyl (C=O) groups is 1. The lowest BCUT2D eigenvalue weighted by molar-refractivity contribution is 0.0949. The molecule has 5 aromatic rings. The normalized spacial score (nSPS) is 11.2. The minimum absolute atomic E-state index is 0.210. The van der Waals surface area contributed by atoms with Gasteiger partial charge in [-0.3, -0.25) is 4.79 Å². The summed E-state index contributed by atoms with van der Waals surface area (Å²) in [7, 11) is 3.24. The van der Waals surface area contributed by atoms with Gasteiger partial charge in [0.15, 0.2) is 5.65 Å². The van der Waals surface area contributed by atoms with Crippen LogP contribution in [0.3, 0.4) is 0 Å². The number of aromatic nitrogens is 5. The number of ether oxygens (including phenoxy) is 2. The molecule has 0 aliphatic heterocycles. The minimum Gasteiger partial charge on any atom is -0.497 e. The Labute approximate surface area is 202 Å². The van der Waals surface area contributed by atoms with Gasteiger partial charge in [-0.05, 0) is 37.3 Å². The number of benzene rings is 2. The fourth-order valence-corrected chi connectivity index (χ4v) is 4.23. The summed E-state index contributed by atoms with van der Waals surface area (Å²) in [6, 6.07) is 15.4. The van der Waals surface area contributed by atoms with Gasteiger partial charge in [0.25, 0.3) is 5.91 Å². The van der Waals surface area contributed by atoms with Crippen molar-refractivity contribution in [1.82, 2.24) is 29.6 Å². The maximum Gasteiger partial charge on any atom is 0.253 e. The van der Waals surface area contributed by atoms with Gasteiger partial charge in [-0.1, -0.05) is 12.1 Å². The van der Waals surface area contributed by atoms with Crippen molar-refractivity contribution < 1.29 is 14.3 Å². The Morgan fingerprint density at radius 1 is 1.06 bits per heavy atom. The highest BCUT2D eigenvalue weighted by molar-refractivity contribution is 5.96. The molecule has 1 N–H and O–H groups in total. The lowest BCUT2D eigenvalue weighted by Crippen LogP contribution is -2.24. The molecule has 9 nitrogen and oxygen atoms in total. The van der Waals surface area contributed by atoms with E-state index >= 15 is 0 Å². The summed E-state index contributed by atoms with van der Waals surface area (Å²) in [5, 5.41) is 8.23. The molecular weight excluding hydrogens is 444 g/mol. The molecule has 1 amide bonds. The molecule has 3 aromatic heterocycles. The third kappa shape index (κ3) is 4.28. The summed E-state index contributed by atoms with van der Waals surface area (Å²) in [6.45, 7) is 3.65. The highest BCUT2D eigenvalue weighted by Crippen LogP contribution is 2.26. The summed E-state index contributed by atoms with van der Waals surface area (Å²) in [4.78, 5) is 22.1. The SMILES string of the molecule is CCn1c(CNC(=O)c2cnc3c(cnn3Cc3ccc(OC)cc3OC)c2)nc2ccccc21. The number of aryl methyl sites for hydroxylation is 1. The fourth-order valence-electron chi connectivity index (χ4n) is 4.23. The number of pyridine rings is 1. The second-order valence-electron chi connectivity index (χ2n) is 8.06. The fraction of sp³-hybridized carbons (Fsp3) is 0.231. The maximum atomic E-state index is 12.9. The van der Waals surface area contributed by atoms with Gasteiger partial charge in [-0.15, -0.1) is 0 Å². The number of fused-ring (bicyclic) bond motifs is 2. The van der Waals surface area contributed by atoms with Crippen molar-refractivity contribution >= 4 is 28.0 Å². The molecule has 0 spiro atoms. The van der Waals surface area contributed by atoms with E-state index < -0.39 is 0 Å². The lowest BCUT2D eigenvalue weighted by atomic mass is 10.2. The quantitative estimate of drug-likeness (QED) is 0.371. The number of methoxy groups -OCH3 is 2. The van der Waals surface area contributed by atoms with Crippen LogP contribution in [-0.4, -0.2) is 44.4 Å². The van der Waals surface area contributed by atoms with Crippen LogP contribution < -0.4 is 14.8 Å². The molecule has 9 heteroatoms. The van der Waals surface area contributed by atoms with Crippen molar-refractivity contribution in [2.24, 2.45) is 0 Å². The van der Waals surface area contributed by atoms with Gasteiger partial charge in [0.1, 0.15) is 17.3 Å². The molecule has 0 saturated carbocycles. The van der Waals surface area contributed by atoms with Crippen LogP contribution in [0, 0.1) is 0 Å². The Balaban J connectivity index is 1.33. The van der Waals surface area contributed by atoms with E-state index in [9.17, 15) is 4.79 Å². The summed E-state index contributed by atoms with van der Waals surface area (Å²) < 4.78 is 14.7. The molecule has 5 rings (SSSR count). The van der Waals surface area contributed by atoms with Gasteiger partial charge < -0.3 is 19.4 Å². The zero-order chi connectivity index (χ0) is 24.4. The number of amides is 1. The number of carbonyl (C=O) groups excluding carboxylic acids is 1. The average Bonchev–Trinajstić information content (AvgIpc) is 3.47. The molecular formula is C26H26N6O3. The molecule has 0 aliphatic carbocycles. The summed E-state index contributed by atoms with van der Waals surface area (Å²) in [5.74, 6) is 2.04. The highest BCUT2D eigenvalue weighted by Gasteiger charge is 2.14. The predicted molar refractivity (Wildman–Crippen MR) is 133 cm³/mol. The zero-order valence-electron chi connectivity index (χ0n) is 19.9. The first kappa shape index (κ1) is 22.4. The summed E-state index contributed by atoms with van der Waals surface area (Å²) >= 11 is 0. The first-order chi connectivity index (χ1) is 17.1. The number of para-hydroxylation sites is 2. The Hall–Kier alpha value is -4.40. The largest absolute Gasteiger partial charge is 0.497 e. The van der Waals surface area contributed by atoms with E-state index in [0.717, 1.165) is 40.1 Å². The highest BCUT2D eigenvalue weighted by atomic mass is 16.5. The van der Waals surface area contributed by atoms with E-state index in [1.165, 1.54) is 0 Å². The molecule has 0 radical (unpaired) electrons. The topological polar surface area (TPSA) is 96.1 Å². The van der Waals surface area contributed by atoms with Crippen LogP contribution in [0.15, 0.2) is 60.9 Å². The van der Waals surface area contributed by atoms with E-state index in [4.69, 9.17) is 9.47 Å². The molecule has 35 heavy (non-hydrogen) atoms. The van der Waals surface area contributed by atoms with Crippen molar-refractivity contribution in [3.63, 3.8) is 0 Å². The van der Waals surface area contributed by atoms with Gasteiger partial charge in [0, 0.05) is 29.8 Å². The Bertz CT molecular complexity index is 1520. The molecule has 2 aromatic carbocycles. The number of imidazole rings is 1. The van der Waals surface area contributed by atoms with Gasteiger partial charge >= 0.3 is 0 Å². The van der Waals surface area contributed by atoms with Crippen LogP contribution in [-0.2, 0) is 19.6 Å². The molecule has 0 fully saturated rings. The third-order valence-corrected chi connectivity index (χ3v) is 6.01. The van der Waals surface area contributed by atoms with E-state index in [-0.39, 0.29) is 5.91 Å². The summed E-state index contributed by atoms with van der Waals surface area (Å²) in [5.41, 5.74) is 4.08. The number of nitrogens with zero attached hydrogens (tertiary/aromatic N) is 5. The van der Waals surface area contributed by atoms with Crippen molar-refractivity contribution in [2.75, 3.05) is 14.2 Å². The number of hydrogen-bond acceptors (Lipinski definition) is 6. The number of rotatable bonds is 8. The van der Waals surface area contributed by atoms with Crippen LogP contribution >= 0.6 is 0 Å². The maximum absolute atomic E-state index is 12.9. The second-order valence-corrected chi connectivity index (χ2v) is 8.06. The van der Waals surface area contributed by atoms with Gasteiger partial charge in [-0.25, -0.2) is 14.6 Å². The van der Waals surface area contributed by atoms with Crippen LogP contribution in [0.2, 0.25) is 0 Å². The summed E-state index contributed by atoms with van der Waals surface area (Å²) in [6.07, 6.45) is 3.29. The molecule has 0 atom stereocenters.